The SMILES string of the molecule is Cl.NC[C@H]1CCC[C@H]1C(=O)NCCOc1ccc(F)cc1. The average molecular weight is 317 g/mol. The van der Waals surface area contributed by atoms with Gasteiger partial charge >= 0.3 is 0 Å². The van der Waals surface area contributed by atoms with Gasteiger partial charge in [0.15, 0.2) is 0 Å². The third-order valence-corrected chi connectivity index (χ3v) is 3.78. The van der Waals surface area contributed by atoms with Gasteiger partial charge in [0.05, 0.1) is 6.54 Å². The van der Waals surface area contributed by atoms with Gasteiger partial charge in [0, 0.05) is 5.92 Å². The highest BCUT2D eigenvalue weighted by Gasteiger charge is 2.31. The summed E-state index contributed by atoms with van der Waals surface area (Å²) in [6, 6.07) is 5.83. The zero-order valence-corrected chi connectivity index (χ0v) is 12.7. The molecule has 1 saturated carbocycles. The van der Waals surface area contributed by atoms with Gasteiger partial charge in [-0.25, -0.2) is 4.39 Å². The summed E-state index contributed by atoms with van der Waals surface area (Å²) in [5.41, 5.74) is 5.67. The Bertz CT molecular complexity index is 442. The first-order valence-electron chi connectivity index (χ1n) is 7.07. The molecule has 6 heteroatoms. The lowest BCUT2D eigenvalue weighted by Gasteiger charge is -2.17. The van der Waals surface area contributed by atoms with Crippen molar-refractivity contribution in [1.29, 1.82) is 0 Å². The Morgan fingerprint density at radius 3 is 2.71 bits per heavy atom. The van der Waals surface area contributed by atoms with Gasteiger partial charge in [0.2, 0.25) is 5.91 Å². The summed E-state index contributed by atoms with van der Waals surface area (Å²) < 4.78 is 18.1. The van der Waals surface area contributed by atoms with Crippen LogP contribution in [0.15, 0.2) is 24.3 Å². The van der Waals surface area contributed by atoms with Gasteiger partial charge in [-0.05, 0) is 49.6 Å². The van der Waals surface area contributed by atoms with Crippen LogP contribution < -0.4 is 15.8 Å². The highest BCUT2D eigenvalue weighted by molar-refractivity contribution is 5.85. The van der Waals surface area contributed by atoms with Crippen molar-refractivity contribution in [2.45, 2.75) is 19.3 Å². The highest BCUT2D eigenvalue weighted by Crippen LogP contribution is 2.30. The molecule has 1 aliphatic carbocycles. The van der Waals surface area contributed by atoms with Crippen molar-refractivity contribution in [1.82, 2.24) is 5.32 Å². The van der Waals surface area contributed by atoms with E-state index in [-0.39, 0.29) is 30.0 Å². The van der Waals surface area contributed by atoms with Crippen LogP contribution in [-0.2, 0) is 4.79 Å². The van der Waals surface area contributed by atoms with E-state index in [0.29, 0.717) is 31.4 Å². The minimum absolute atomic E-state index is 0. The van der Waals surface area contributed by atoms with Crippen LogP contribution in [0, 0.1) is 17.7 Å². The smallest absolute Gasteiger partial charge is 0.223 e. The zero-order valence-electron chi connectivity index (χ0n) is 11.9. The number of rotatable bonds is 6. The summed E-state index contributed by atoms with van der Waals surface area (Å²) in [5, 5.41) is 2.88. The topological polar surface area (TPSA) is 64.4 Å². The molecule has 0 unspecified atom stereocenters. The molecule has 0 aromatic heterocycles. The Morgan fingerprint density at radius 2 is 2.05 bits per heavy atom. The van der Waals surface area contributed by atoms with E-state index in [1.807, 2.05) is 0 Å². The second kappa shape index (κ2) is 8.85. The van der Waals surface area contributed by atoms with Crippen molar-refractivity contribution >= 4 is 18.3 Å². The first-order valence-corrected chi connectivity index (χ1v) is 7.07. The molecular formula is C15H22ClFN2O2. The molecule has 0 radical (unpaired) electrons. The molecule has 118 valence electrons. The molecule has 2 rings (SSSR count). The van der Waals surface area contributed by atoms with Crippen LogP contribution in [0.25, 0.3) is 0 Å². The van der Waals surface area contributed by atoms with Gasteiger partial charge in [-0.3, -0.25) is 4.79 Å². The van der Waals surface area contributed by atoms with E-state index in [1.54, 1.807) is 12.1 Å². The second-order valence-corrected chi connectivity index (χ2v) is 5.13. The summed E-state index contributed by atoms with van der Waals surface area (Å²) in [5.74, 6) is 0.737. The minimum Gasteiger partial charge on any atom is -0.492 e. The number of nitrogens with one attached hydrogen (secondary N) is 1. The van der Waals surface area contributed by atoms with E-state index < -0.39 is 0 Å². The maximum atomic E-state index is 12.7. The molecule has 0 heterocycles. The molecule has 4 nitrogen and oxygen atoms in total. The lowest BCUT2D eigenvalue weighted by molar-refractivity contribution is -0.126. The molecule has 1 aliphatic rings. The molecule has 0 saturated heterocycles. The largest absolute Gasteiger partial charge is 0.492 e. The van der Waals surface area contributed by atoms with E-state index in [2.05, 4.69) is 5.32 Å². The van der Waals surface area contributed by atoms with Crippen molar-refractivity contribution in [2.75, 3.05) is 19.7 Å². The fourth-order valence-electron chi connectivity index (χ4n) is 2.67. The van der Waals surface area contributed by atoms with E-state index >= 15 is 0 Å². The molecule has 1 amide bonds. The molecule has 0 aliphatic heterocycles. The average Bonchev–Trinajstić information content (AvgIpc) is 2.94. The first kappa shape index (κ1) is 17.7. The van der Waals surface area contributed by atoms with Gasteiger partial charge in [-0.2, -0.15) is 0 Å². The van der Waals surface area contributed by atoms with Crippen molar-refractivity contribution in [3.8, 4) is 5.75 Å². The van der Waals surface area contributed by atoms with Crippen LogP contribution in [-0.4, -0.2) is 25.6 Å². The number of amides is 1. The Labute approximate surface area is 130 Å². The predicted molar refractivity (Wildman–Crippen MR) is 82.0 cm³/mol. The summed E-state index contributed by atoms with van der Waals surface area (Å²) in [6.45, 7) is 1.39. The van der Waals surface area contributed by atoms with Gasteiger partial charge in [-0.1, -0.05) is 6.42 Å². The van der Waals surface area contributed by atoms with Crippen LogP contribution in [0.5, 0.6) is 5.75 Å². The number of benzene rings is 1. The van der Waals surface area contributed by atoms with Gasteiger partial charge in [0.25, 0.3) is 0 Å². The van der Waals surface area contributed by atoms with Crippen LogP contribution in [0.1, 0.15) is 19.3 Å². The lowest BCUT2D eigenvalue weighted by Crippen LogP contribution is -2.37. The van der Waals surface area contributed by atoms with Gasteiger partial charge in [0.1, 0.15) is 18.2 Å². The zero-order chi connectivity index (χ0) is 14.4. The Kier molecular flexibility index (Phi) is 7.47. The maximum absolute atomic E-state index is 12.7. The summed E-state index contributed by atoms with van der Waals surface area (Å²) >= 11 is 0. The van der Waals surface area contributed by atoms with E-state index in [9.17, 15) is 9.18 Å². The third-order valence-electron chi connectivity index (χ3n) is 3.78. The second-order valence-electron chi connectivity index (χ2n) is 5.13. The van der Waals surface area contributed by atoms with E-state index in [4.69, 9.17) is 10.5 Å². The fraction of sp³-hybridized carbons (Fsp3) is 0.533. The van der Waals surface area contributed by atoms with Crippen molar-refractivity contribution in [3.05, 3.63) is 30.1 Å². The number of halogens is 2. The summed E-state index contributed by atoms with van der Waals surface area (Å²) in [4.78, 5) is 12.0. The molecule has 1 aromatic rings. The van der Waals surface area contributed by atoms with Crippen molar-refractivity contribution < 1.29 is 13.9 Å². The number of ether oxygens (including phenoxy) is 1. The molecule has 0 bridgehead atoms. The first-order chi connectivity index (χ1) is 9.70. The van der Waals surface area contributed by atoms with Gasteiger partial charge in [-0.15, -0.1) is 12.4 Å². The molecule has 1 aromatic carbocycles. The number of hydrogen-bond donors (Lipinski definition) is 2. The third kappa shape index (κ3) is 5.17. The molecule has 3 N–H and O–H groups in total. The molecule has 21 heavy (non-hydrogen) atoms. The summed E-state index contributed by atoms with van der Waals surface area (Å²) in [7, 11) is 0. The van der Waals surface area contributed by atoms with Crippen LogP contribution in [0.4, 0.5) is 4.39 Å². The van der Waals surface area contributed by atoms with Crippen LogP contribution >= 0.6 is 12.4 Å². The Balaban J connectivity index is 0.00000220. The number of hydrogen-bond acceptors (Lipinski definition) is 3. The van der Waals surface area contributed by atoms with Gasteiger partial charge < -0.3 is 15.8 Å². The molecule has 0 spiro atoms. The van der Waals surface area contributed by atoms with Crippen LogP contribution in [0.3, 0.4) is 0 Å². The number of carbonyl (C=O) groups is 1. The normalized spacial score (nSPS) is 20.7. The maximum Gasteiger partial charge on any atom is 0.223 e. The molecule has 2 atom stereocenters. The van der Waals surface area contributed by atoms with Crippen molar-refractivity contribution in [2.24, 2.45) is 17.6 Å². The Morgan fingerprint density at radius 1 is 1.33 bits per heavy atom. The minimum atomic E-state index is -0.292. The van der Waals surface area contributed by atoms with Crippen molar-refractivity contribution in [3.63, 3.8) is 0 Å². The van der Waals surface area contributed by atoms with E-state index in [1.165, 1.54) is 12.1 Å². The number of nitrogens with two attached hydrogens (primary N) is 1. The quantitative estimate of drug-likeness (QED) is 0.790. The Hall–Kier alpha value is -1.33. The fourth-order valence-corrected chi connectivity index (χ4v) is 2.67. The lowest BCUT2D eigenvalue weighted by atomic mass is 9.95. The van der Waals surface area contributed by atoms with E-state index in [0.717, 1.165) is 19.3 Å². The standard InChI is InChI=1S/C15H21FN2O2.ClH/c16-12-4-6-13(7-5-12)20-9-8-18-15(19)14-3-1-2-11(14)10-17;/h4-7,11,14H,1-3,8-10,17H2,(H,18,19);1H/t11-,14-;/m1./s1. The summed E-state index contributed by atoms with van der Waals surface area (Å²) in [6.07, 6.45) is 3.04. The number of carbonyl (C=O) groups excluding carboxylic acids is 1. The highest BCUT2D eigenvalue weighted by atomic mass is 35.5. The molecular weight excluding hydrogens is 295 g/mol. The van der Waals surface area contributed by atoms with Crippen LogP contribution in [0.2, 0.25) is 0 Å². The predicted octanol–water partition coefficient (Wildman–Crippen LogP) is 2.12. The monoisotopic (exact) mass is 316 g/mol. The molecule has 1 fully saturated rings.